The van der Waals surface area contributed by atoms with Gasteiger partial charge in [0.1, 0.15) is 5.75 Å². The highest BCUT2D eigenvalue weighted by molar-refractivity contribution is 6.03. The first kappa shape index (κ1) is 13.6. The molecule has 0 spiro atoms. The molecule has 0 radical (unpaired) electrons. The Hall–Kier alpha value is -1.35. The van der Waals surface area contributed by atoms with Crippen LogP contribution < -0.4 is 10.1 Å². The van der Waals surface area contributed by atoms with Gasteiger partial charge in [-0.2, -0.15) is 0 Å². The Bertz CT molecular complexity index is 498. The maximum Gasteiger partial charge on any atom is 0.174 e. The SMILES string of the molecule is CCCC1(C(=O)c2cccc3c2OCC3)CCCNC1. The van der Waals surface area contributed by atoms with Crippen LogP contribution in [0.25, 0.3) is 0 Å². The van der Waals surface area contributed by atoms with E-state index in [1.54, 1.807) is 0 Å². The van der Waals surface area contributed by atoms with Gasteiger partial charge in [-0.25, -0.2) is 0 Å². The van der Waals surface area contributed by atoms with Crippen molar-refractivity contribution in [3.8, 4) is 5.75 Å². The smallest absolute Gasteiger partial charge is 0.174 e. The number of carbonyl (C=O) groups excluding carboxylic acids is 1. The molecule has 20 heavy (non-hydrogen) atoms. The zero-order chi connectivity index (χ0) is 14.0. The third-order valence-electron chi connectivity index (χ3n) is 4.64. The molecule has 0 aliphatic carbocycles. The van der Waals surface area contributed by atoms with Crippen molar-refractivity contribution in [1.82, 2.24) is 5.32 Å². The van der Waals surface area contributed by atoms with Crippen LogP contribution in [0.1, 0.15) is 48.5 Å². The van der Waals surface area contributed by atoms with Gasteiger partial charge in [0.15, 0.2) is 5.78 Å². The Labute approximate surface area is 120 Å². The molecule has 1 aromatic rings. The van der Waals surface area contributed by atoms with E-state index >= 15 is 0 Å². The van der Waals surface area contributed by atoms with Crippen LogP contribution in [0.4, 0.5) is 0 Å². The lowest BCUT2D eigenvalue weighted by atomic mass is 9.71. The largest absolute Gasteiger partial charge is 0.492 e. The molecule has 2 aliphatic rings. The zero-order valence-corrected chi connectivity index (χ0v) is 12.2. The molecular weight excluding hydrogens is 250 g/mol. The average Bonchev–Trinajstić information content (AvgIpc) is 2.96. The number of Topliss-reactive ketones (excluding diaryl/α,β-unsaturated/α-hetero) is 1. The van der Waals surface area contributed by atoms with Crippen LogP contribution in [0, 0.1) is 5.41 Å². The number of ketones is 1. The molecule has 1 atom stereocenters. The number of carbonyl (C=O) groups is 1. The molecule has 1 N–H and O–H groups in total. The average molecular weight is 273 g/mol. The minimum atomic E-state index is -0.228. The standard InChI is InChI=1S/C17H23NO2/c1-2-8-17(9-4-10-18-12-17)16(19)14-6-3-5-13-7-11-20-15(13)14/h3,5-6,18H,2,4,7-12H2,1H3. The molecule has 1 aromatic carbocycles. The van der Waals surface area contributed by atoms with Crippen LogP contribution in [0.2, 0.25) is 0 Å². The summed E-state index contributed by atoms with van der Waals surface area (Å²) < 4.78 is 5.72. The highest BCUT2D eigenvalue weighted by Crippen LogP contribution is 2.39. The summed E-state index contributed by atoms with van der Waals surface area (Å²) in [6, 6.07) is 6.01. The second-order valence-electron chi connectivity index (χ2n) is 6.03. The number of para-hydroxylation sites is 1. The van der Waals surface area contributed by atoms with Gasteiger partial charge in [-0.3, -0.25) is 4.79 Å². The second kappa shape index (κ2) is 5.57. The molecule has 0 amide bonds. The second-order valence-corrected chi connectivity index (χ2v) is 6.03. The lowest BCUT2D eigenvalue weighted by Gasteiger charge is -2.36. The summed E-state index contributed by atoms with van der Waals surface area (Å²) in [5, 5.41) is 3.42. The van der Waals surface area contributed by atoms with E-state index in [0.29, 0.717) is 6.61 Å². The topological polar surface area (TPSA) is 38.3 Å². The fraction of sp³-hybridized carbons (Fsp3) is 0.588. The molecule has 2 aliphatic heterocycles. The number of fused-ring (bicyclic) bond motifs is 1. The minimum Gasteiger partial charge on any atom is -0.492 e. The van der Waals surface area contributed by atoms with Crippen molar-refractivity contribution >= 4 is 5.78 Å². The predicted octanol–water partition coefficient (Wildman–Crippen LogP) is 2.97. The number of rotatable bonds is 4. The van der Waals surface area contributed by atoms with Gasteiger partial charge in [0.05, 0.1) is 12.2 Å². The maximum absolute atomic E-state index is 13.2. The van der Waals surface area contributed by atoms with Gasteiger partial charge in [-0.05, 0) is 37.4 Å². The fourth-order valence-corrected chi connectivity index (χ4v) is 3.65. The Kier molecular flexibility index (Phi) is 3.79. The van der Waals surface area contributed by atoms with Crippen LogP contribution in [0.3, 0.4) is 0 Å². The van der Waals surface area contributed by atoms with Crippen molar-refractivity contribution in [3.05, 3.63) is 29.3 Å². The zero-order valence-electron chi connectivity index (χ0n) is 12.2. The summed E-state index contributed by atoms with van der Waals surface area (Å²) in [6.45, 7) is 4.71. The van der Waals surface area contributed by atoms with Crippen molar-refractivity contribution in [2.24, 2.45) is 5.41 Å². The maximum atomic E-state index is 13.2. The third-order valence-corrected chi connectivity index (χ3v) is 4.64. The van der Waals surface area contributed by atoms with E-state index in [2.05, 4.69) is 18.3 Å². The summed E-state index contributed by atoms with van der Waals surface area (Å²) in [7, 11) is 0. The van der Waals surface area contributed by atoms with Crippen LogP contribution in [-0.4, -0.2) is 25.5 Å². The molecule has 1 unspecified atom stereocenters. The molecule has 2 heterocycles. The molecule has 3 heteroatoms. The minimum absolute atomic E-state index is 0.228. The van der Waals surface area contributed by atoms with Crippen molar-refractivity contribution in [3.63, 3.8) is 0 Å². The van der Waals surface area contributed by atoms with E-state index in [9.17, 15) is 4.79 Å². The highest BCUT2D eigenvalue weighted by Gasteiger charge is 2.40. The van der Waals surface area contributed by atoms with Crippen molar-refractivity contribution in [2.45, 2.75) is 39.0 Å². The number of ether oxygens (including phenoxy) is 1. The number of hydrogen-bond acceptors (Lipinski definition) is 3. The molecule has 108 valence electrons. The fourth-order valence-electron chi connectivity index (χ4n) is 3.65. The van der Waals surface area contributed by atoms with Gasteiger partial charge in [-0.1, -0.05) is 25.5 Å². The summed E-state index contributed by atoms with van der Waals surface area (Å²) >= 11 is 0. The van der Waals surface area contributed by atoms with Gasteiger partial charge >= 0.3 is 0 Å². The third kappa shape index (κ3) is 2.24. The highest BCUT2D eigenvalue weighted by atomic mass is 16.5. The first-order valence-corrected chi connectivity index (χ1v) is 7.77. The number of hydrogen-bond donors (Lipinski definition) is 1. The van der Waals surface area contributed by atoms with E-state index in [-0.39, 0.29) is 11.2 Å². The van der Waals surface area contributed by atoms with Crippen LogP contribution in [0.15, 0.2) is 18.2 Å². The van der Waals surface area contributed by atoms with Crippen molar-refractivity contribution in [1.29, 1.82) is 0 Å². The summed E-state index contributed by atoms with van der Waals surface area (Å²) in [5.74, 6) is 1.13. The number of benzene rings is 1. The summed E-state index contributed by atoms with van der Waals surface area (Å²) in [5.41, 5.74) is 1.76. The quantitative estimate of drug-likeness (QED) is 0.857. The predicted molar refractivity (Wildman–Crippen MR) is 79.4 cm³/mol. The van der Waals surface area contributed by atoms with Crippen LogP contribution >= 0.6 is 0 Å². The molecule has 0 saturated carbocycles. The van der Waals surface area contributed by atoms with Crippen LogP contribution in [-0.2, 0) is 6.42 Å². The van der Waals surface area contributed by atoms with Gasteiger partial charge in [-0.15, -0.1) is 0 Å². The van der Waals surface area contributed by atoms with Gasteiger partial charge in [0.25, 0.3) is 0 Å². The number of nitrogens with one attached hydrogen (secondary N) is 1. The van der Waals surface area contributed by atoms with E-state index in [1.807, 2.05) is 12.1 Å². The molecular formula is C17H23NO2. The lowest BCUT2D eigenvalue weighted by Crippen LogP contribution is -2.45. The Morgan fingerprint density at radius 2 is 2.35 bits per heavy atom. The monoisotopic (exact) mass is 273 g/mol. The molecule has 0 aromatic heterocycles. The molecule has 1 saturated heterocycles. The van der Waals surface area contributed by atoms with E-state index < -0.39 is 0 Å². The Morgan fingerprint density at radius 1 is 1.45 bits per heavy atom. The molecule has 0 bridgehead atoms. The van der Waals surface area contributed by atoms with Gasteiger partial charge < -0.3 is 10.1 Å². The summed E-state index contributed by atoms with van der Waals surface area (Å²) in [4.78, 5) is 13.2. The van der Waals surface area contributed by atoms with Crippen molar-refractivity contribution < 1.29 is 9.53 Å². The molecule has 3 rings (SSSR count). The lowest BCUT2D eigenvalue weighted by molar-refractivity contribution is 0.0714. The van der Waals surface area contributed by atoms with Crippen molar-refractivity contribution in [2.75, 3.05) is 19.7 Å². The Morgan fingerprint density at radius 3 is 3.10 bits per heavy atom. The van der Waals surface area contributed by atoms with Gasteiger partial charge in [0.2, 0.25) is 0 Å². The normalized spacial score (nSPS) is 25.1. The van der Waals surface area contributed by atoms with Crippen LogP contribution in [0.5, 0.6) is 5.75 Å². The molecule has 3 nitrogen and oxygen atoms in total. The first-order valence-electron chi connectivity index (χ1n) is 7.77. The van der Waals surface area contributed by atoms with E-state index in [0.717, 1.165) is 56.5 Å². The Balaban J connectivity index is 1.96. The number of piperidine rings is 1. The van der Waals surface area contributed by atoms with Gasteiger partial charge in [0, 0.05) is 18.4 Å². The first-order chi connectivity index (χ1) is 9.77. The summed E-state index contributed by atoms with van der Waals surface area (Å²) in [6.07, 6.45) is 5.01. The van der Waals surface area contributed by atoms with E-state index in [4.69, 9.17) is 4.74 Å². The molecule has 1 fully saturated rings. The van der Waals surface area contributed by atoms with E-state index in [1.165, 1.54) is 5.56 Å².